The van der Waals surface area contributed by atoms with E-state index in [1.54, 1.807) is 30.8 Å². The number of anilines is 1. The van der Waals surface area contributed by atoms with Crippen LogP contribution >= 0.6 is 39.3 Å². The molecule has 0 radical (unpaired) electrons. The lowest BCUT2D eigenvalue weighted by Crippen LogP contribution is -2.40. The fourth-order valence-corrected chi connectivity index (χ4v) is 7.22. The van der Waals surface area contributed by atoms with Gasteiger partial charge in [-0.15, -0.1) is 0 Å². The minimum Gasteiger partial charge on any atom is -0.365 e. The normalized spacial score (nSPS) is 20.5. The van der Waals surface area contributed by atoms with E-state index in [1.807, 2.05) is 23.1 Å². The van der Waals surface area contributed by atoms with E-state index in [0.29, 0.717) is 25.3 Å². The van der Waals surface area contributed by atoms with Crippen LogP contribution in [0.5, 0.6) is 0 Å². The van der Waals surface area contributed by atoms with Crippen molar-refractivity contribution in [2.24, 2.45) is 0 Å². The summed E-state index contributed by atoms with van der Waals surface area (Å²) in [6, 6.07) is 6.06. The average Bonchev–Trinajstić information content (AvgIpc) is 3.19. The van der Waals surface area contributed by atoms with E-state index in [-0.39, 0.29) is 5.91 Å². The van der Waals surface area contributed by atoms with Crippen molar-refractivity contribution in [3.63, 3.8) is 0 Å². The third-order valence-electron chi connectivity index (χ3n) is 7.78. The first-order valence-electron chi connectivity index (χ1n) is 12.9. The second-order valence-electron chi connectivity index (χ2n) is 10.4. The number of hydrogen-bond acceptors (Lipinski definition) is 7. The molecule has 1 spiro atoms. The number of ether oxygens (including phenoxy) is 1. The van der Waals surface area contributed by atoms with E-state index >= 15 is 0 Å². The maximum Gasteiger partial charge on any atom is 0.273 e. The Morgan fingerprint density at radius 1 is 1.18 bits per heavy atom. The lowest BCUT2D eigenvalue weighted by molar-refractivity contribution is -0.0856. The Kier molecular flexibility index (Phi) is 6.95. The van der Waals surface area contributed by atoms with Crippen LogP contribution in [-0.2, 0) is 42.9 Å². The minimum atomic E-state index is -0.436. The molecular weight excluding hydrogens is 588 g/mol. The van der Waals surface area contributed by atoms with E-state index in [1.165, 1.54) is 11.1 Å². The molecule has 1 unspecified atom stereocenters. The lowest BCUT2D eigenvalue weighted by Gasteiger charge is -2.43. The zero-order valence-corrected chi connectivity index (χ0v) is 24.9. The largest absolute Gasteiger partial charge is 0.365 e. The first kappa shape index (κ1) is 26.1. The molecule has 1 aromatic carbocycles. The Hall–Kier alpha value is -2.14. The number of carbonyl (C=O) groups excluding carboxylic acids is 1. The molecular formula is C27H30BrClN6O2S. The van der Waals surface area contributed by atoms with Crippen molar-refractivity contribution < 1.29 is 9.53 Å². The van der Waals surface area contributed by atoms with Gasteiger partial charge in [0.1, 0.15) is 5.82 Å². The van der Waals surface area contributed by atoms with Crippen LogP contribution in [0.25, 0.3) is 0 Å². The molecule has 1 amide bonds. The van der Waals surface area contributed by atoms with Gasteiger partial charge in [-0.3, -0.25) is 9.48 Å². The highest BCUT2D eigenvalue weighted by Gasteiger charge is 2.43. The number of nitrogens with zero attached hydrogens (tertiary/aromatic N) is 6. The van der Waals surface area contributed by atoms with Gasteiger partial charge in [0, 0.05) is 48.7 Å². The lowest BCUT2D eigenvalue weighted by atomic mass is 9.75. The molecule has 8 nitrogen and oxygen atoms in total. The summed E-state index contributed by atoms with van der Waals surface area (Å²) >= 11 is 11.9. The molecule has 2 aromatic heterocycles. The van der Waals surface area contributed by atoms with Gasteiger partial charge in [0.15, 0.2) is 10.9 Å². The Morgan fingerprint density at radius 2 is 2.03 bits per heavy atom. The molecule has 4 heterocycles. The molecule has 2 aliphatic heterocycles. The molecule has 0 N–H and O–H groups in total. The number of benzene rings is 1. The van der Waals surface area contributed by atoms with Gasteiger partial charge in [-0.05, 0) is 61.3 Å². The first-order valence-corrected chi connectivity index (χ1v) is 15.3. The predicted molar refractivity (Wildman–Crippen MR) is 152 cm³/mol. The van der Waals surface area contributed by atoms with Gasteiger partial charge in [-0.25, -0.2) is 9.97 Å². The highest BCUT2D eigenvalue weighted by atomic mass is 79.9. The van der Waals surface area contributed by atoms with Crippen LogP contribution in [0.1, 0.15) is 57.8 Å². The van der Waals surface area contributed by atoms with E-state index in [2.05, 4.69) is 32.0 Å². The SMILES string of the molecule is CSc1nc2c(c(N3CCCn4nc(C(=O)N(C)C)cc4C3)n1)COC1(CCCc3c(Cl)cc(Br)cc31)C2. The van der Waals surface area contributed by atoms with E-state index in [0.717, 1.165) is 76.2 Å². The van der Waals surface area contributed by atoms with Crippen LogP contribution in [0, 0.1) is 0 Å². The number of halogens is 2. The summed E-state index contributed by atoms with van der Waals surface area (Å²) in [6.45, 7) is 2.68. The zero-order valence-electron chi connectivity index (χ0n) is 21.8. The highest BCUT2D eigenvalue weighted by molar-refractivity contribution is 9.10. The first-order chi connectivity index (χ1) is 18.3. The topological polar surface area (TPSA) is 76.4 Å². The molecule has 11 heteroatoms. The minimum absolute atomic E-state index is 0.0839. The maximum atomic E-state index is 12.5. The van der Waals surface area contributed by atoms with Crippen LogP contribution in [-0.4, -0.2) is 57.5 Å². The van der Waals surface area contributed by atoms with Crippen LogP contribution in [0.2, 0.25) is 5.02 Å². The van der Waals surface area contributed by atoms with Gasteiger partial charge in [0.25, 0.3) is 5.91 Å². The second kappa shape index (κ2) is 10.1. The Balaban J connectivity index is 1.37. The number of aromatic nitrogens is 4. The third-order valence-corrected chi connectivity index (χ3v) is 9.12. The highest BCUT2D eigenvalue weighted by Crippen LogP contribution is 2.48. The number of hydrogen-bond donors (Lipinski definition) is 0. The van der Waals surface area contributed by atoms with E-state index in [4.69, 9.17) is 26.3 Å². The number of fused-ring (bicyclic) bond motifs is 4. The monoisotopic (exact) mass is 616 g/mol. The molecule has 1 atom stereocenters. The Labute approximate surface area is 240 Å². The standard InChI is InChI=1S/C27H30BrClN6O2S/c1-33(2)25(36)22-12-17-14-34(8-5-9-35(17)32-22)24-19-15-37-27(13-23(19)30-26(31-24)38-3)7-4-6-18-20(27)10-16(28)11-21(18)29/h10-12H,4-9,13-15H2,1-3H3. The summed E-state index contributed by atoms with van der Waals surface area (Å²) in [7, 11) is 3.50. The molecule has 3 aliphatic rings. The summed E-state index contributed by atoms with van der Waals surface area (Å²) in [5, 5.41) is 6.16. The molecule has 0 saturated carbocycles. The number of aryl methyl sites for hydroxylation is 1. The van der Waals surface area contributed by atoms with E-state index in [9.17, 15) is 4.79 Å². The van der Waals surface area contributed by atoms with Crippen molar-refractivity contribution in [1.29, 1.82) is 0 Å². The van der Waals surface area contributed by atoms with Crippen molar-refractivity contribution in [2.45, 2.75) is 62.6 Å². The molecule has 0 saturated heterocycles. The molecule has 3 aromatic rings. The van der Waals surface area contributed by atoms with Crippen molar-refractivity contribution in [3.05, 3.63) is 61.5 Å². The summed E-state index contributed by atoms with van der Waals surface area (Å²) in [4.78, 5) is 26.4. The fraction of sp³-hybridized carbons (Fsp3) is 0.481. The van der Waals surface area contributed by atoms with Crippen molar-refractivity contribution in [3.8, 4) is 0 Å². The van der Waals surface area contributed by atoms with Crippen molar-refractivity contribution in [2.75, 3.05) is 31.8 Å². The molecule has 1 aliphatic carbocycles. The van der Waals surface area contributed by atoms with Gasteiger partial charge in [-0.2, -0.15) is 5.10 Å². The molecule has 0 bridgehead atoms. The molecule has 0 fully saturated rings. The van der Waals surface area contributed by atoms with Gasteiger partial charge < -0.3 is 14.5 Å². The quantitative estimate of drug-likeness (QED) is 0.294. The smallest absolute Gasteiger partial charge is 0.273 e. The fourth-order valence-electron chi connectivity index (χ4n) is 5.93. The molecule has 38 heavy (non-hydrogen) atoms. The summed E-state index contributed by atoms with van der Waals surface area (Å²) < 4.78 is 9.71. The van der Waals surface area contributed by atoms with Crippen LogP contribution in [0.15, 0.2) is 27.8 Å². The number of rotatable bonds is 3. The molecule has 6 rings (SSSR count). The third kappa shape index (κ3) is 4.53. The Bertz CT molecular complexity index is 1430. The maximum absolute atomic E-state index is 12.5. The zero-order chi connectivity index (χ0) is 26.6. The molecule has 200 valence electrons. The van der Waals surface area contributed by atoms with E-state index < -0.39 is 5.60 Å². The van der Waals surface area contributed by atoms with Gasteiger partial charge in [0.05, 0.1) is 30.1 Å². The van der Waals surface area contributed by atoms with Crippen LogP contribution in [0.3, 0.4) is 0 Å². The summed E-state index contributed by atoms with van der Waals surface area (Å²) in [6.07, 6.45) is 6.54. The Morgan fingerprint density at radius 3 is 2.82 bits per heavy atom. The number of carbonyl (C=O) groups is 1. The number of amides is 1. The van der Waals surface area contributed by atoms with Crippen LogP contribution < -0.4 is 4.90 Å². The summed E-state index contributed by atoms with van der Waals surface area (Å²) in [5.74, 6) is 0.840. The van der Waals surface area contributed by atoms with Gasteiger partial charge in [0.2, 0.25) is 0 Å². The average molecular weight is 618 g/mol. The summed E-state index contributed by atoms with van der Waals surface area (Å²) in [5.41, 5.74) is 5.53. The van der Waals surface area contributed by atoms with Crippen molar-refractivity contribution in [1.82, 2.24) is 24.6 Å². The predicted octanol–water partition coefficient (Wildman–Crippen LogP) is 5.23. The number of thioether (sulfide) groups is 1. The van der Waals surface area contributed by atoms with Gasteiger partial charge >= 0.3 is 0 Å². The van der Waals surface area contributed by atoms with Crippen LogP contribution in [0.4, 0.5) is 5.82 Å². The second-order valence-corrected chi connectivity index (χ2v) is 12.5. The van der Waals surface area contributed by atoms with Gasteiger partial charge in [-0.1, -0.05) is 39.3 Å². The van der Waals surface area contributed by atoms with Crippen molar-refractivity contribution >= 4 is 51.0 Å².